The van der Waals surface area contributed by atoms with Gasteiger partial charge in [-0.15, -0.1) is 0 Å². The Bertz CT molecular complexity index is 367. The lowest BCUT2D eigenvalue weighted by atomic mass is 9.96. The summed E-state index contributed by atoms with van der Waals surface area (Å²) in [5.74, 6) is 0.828. The van der Waals surface area contributed by atoms with Crippen molar-refractivity contribution < 1.29 is 8.78 Å². The molecule has 1 unspecified atom stereocenters. The van der Waals surface area contributed by atoms with Gasteiger partial charge in [-0.2, -0.15) is 0 Å². The van der Waals surface area contributed by atoms with Gasteiger partial charge in [0.15, 0.2) is 5.82 Å². The molecule has 2 N–H and O–H groups in total. The summed E-state index contributed by atoms with van der Waals surface area (Å²) in [7, 11) is 0. The van der Waals surface area contributed by atoms with Crippen LogP contribution >= 0.6 is 0 Å². The van der Waals surface area contributed by atoms with Gasteiger partial charge in [0.05, 0.1) is 0 Å². The van der Waals surface area contributed by atoms with Crippen LogP contribution in [0.1, 0.15) is 31.4 Å². The zero-order valence-corrected chi connectivity index (χ0v) is 10.2. The minimum atomic E-state index is -2.59. The molecule has 0 radical (unpaired) electrons. The molecule has 1 aliphatic heterocycles. The summed E-state index contributed by atoms with van der Waals surface area (Å²) in [4.78, 5) is 7.57. The van der Waals surface area contributed by atoms with Crippen LogP contribution in [-0.4, -0.2) is 29.6 Å². The van der Waals surface area contributed by atoms with Crippen molar-refractivity contribution in [2.24, 2.45) is 5.92 Å². The second kappa shape index (κ2) is 6.58. The zero-order valence-electron chi connectivity index (χ0n) is 10.2. The highest BCUT2D eigenvalue weighted by Gasteiger charge is 2.16. The van der Waals surface area contributed by atoms with Crippen LogP contribution in [0.3, 0.4) is 0 Å². The van der Waals surface area contributed by atoms with E-state index in [4.69, 9.17) is 0 Å². The Labute approximate surface area is 105 Å². The molecular formula is C12H18F2N4. The molecular weight excluding hydrogens is 238 g/mol. The highest BCUT2D eigenvalue weighted by Crippen LogP contribution is 2.22. The largest absolute Gasteiger partial charge is 0.368 e. The van der Waals surface area contributed by atoms with Crippen LogP contribution in [0, 0.1) is 5.92 Å². The van der Waals surface area contributed by atoms with E-state index in [1.807, 2.05) is 0 Å². The molecule has 0 spiro atoms. The van der Waals surface area contributed by atoms with Crippen LogP contribution in [-0.2, 0) is 0 Å². The average Bonchev–Trinajstić information content (AvgIpc) is 2.40. The van der Waals surface area contributed by atoms with Gasteiger partial charge in [-0.3, -0.25) is 0 Å². The summed E-state index contributed by atoms with van der Waals surface area (Å²) in [6, 6.07) is 0. The molecule has 1 atom stereocenters. The van der Waals surface area contributed by atoms with Crippen molar-refractivity contribution in [1.29, 1.82) is 0 Å². The lowest BCUT2D eigenvalue weighted by Gasteiger charge is -2.22. The molecule has 1 aromatic rings. The minimum absolute atomic E-state index is 0.205. The van der Waals surface area contributed by atoms with E-state index in [9.17, 15) is 8.78 Å². The lowest BCUT2D eigenvalue weighted by molar-refractivity contribution is 0.146. The molecule has 0 aliphatic carbocycles. The monoisotopic (exact) mass is 256 g/mol. The van der Waals surface area contributed by atoms with E-state index < -0.39 is 6.43 Å². The SMILES string of the molecule is FC(F)c1nccnc1NCCC1CCCNC1. The molecule has 1 aliphatic rings. The van der Waals surface area contributed by atoms with Gasteiger partial charge >= 0.3 is 0 Å². The number of alkyl halides is 2. The maximum atomic E-state index is 12.7. The summed E-state index contributed by atoms with van der Waals surface area (Å²) in [6.45, 7) is 2.76. The van der Waals surface area contributed by atoms with Gasteiger partial charge in [0.1, 0.15) is 5.69 Å². The number of nitrogens with zero attached hydrogens (tertiary/aromatic N) is 2. The third-order valence-electron chi connectivity index (χ3n) is 3.18. The first-order valence-corrected chi connectivity index (χ1v) is 6.31. The second-order valence-corrected chi connectivity index (χ2v) is 4.52. The van der Waals surface area contributed by atoms with Crippen molar-refractivity contribution >= 4 is 5.82 Å². The number of hydrogen-bond donors (Lipinski definition) is 2. The van der Waals surface area contributed by atoms with Crippen molar-refractivity contribution in [2.45, 2.75) is 25.7 Å². The summed E-state index contributed by atoms with van der Waals surface area (Å²) in [6.07, 6.45) is 3.49. The van der Waals surface area contributed by atoms with Crippen LogP contribution < -0.4 is 10.6 Å². The number of piperidine rings is 1. The maximum Gasteiger partial charge on any atom is 0.283 e. The van der Waals surface area contributed by atoms with Gasteiger partial charge in [-0.1, -0.05) is 0 Å². The van der Waals surface area contributed by atoms with Gasteiger partial charge in [0, 0.05) is 18.9 Å². The van der Waals surface area contributed by atoms with Gasteiger partial charge in [0.2, 0.25) is 0 Å². The minimum Gasteiger partial charge on any atom is -0.368 e. The molecule has 2 heterocycles. The second-order valence-electron chi connectivity index (χ2n) is 4.52. The molecule has 0 aromatic carbocycles. The number of aromatic nitrogens is 2. The van der Waals surface area contributed by atoms with Gasteiger partial charge in [-0.05, 0) is 38.3 Å². The van der Waals surface area contributed by atoms with Crippen LogP contribution in [0.25, 0.3) is 0 Å². The number of halogens is 2. The zero-order chi connectivity index (χ0) is 12.8. The fraction of sp³-hybridized carbons (Fsp3) is 0.667. The smallest absolute Gasteiger partial charge is 0.283 e. The van der Waals surface area contributed by atoms with Crippen LogP contribution in [0.2, 0.25) is 0 Å². The highest BCUT2D eigenvalue weighted by molar-refractivity contribution is 5.39. The van der Waals surface area contributed by atoms with Crippen LogP contribution in [0.4, 0.5) is 14.6 Å². The first-order chi connectivity index (χ1) is 8.77. The van der Waals surface area contributed by atoms with E-state index in [1.54, 1.807) is 0 Å². The number of anilines is 1. The third kappa shape index (κ3) is 3.60. The number of hydrogen-bond acceptors (Lipinski definition) is 4. The first kappa shape index (κ1) is 13.1. The van der Waals surface area contributed by atoms with E-state index in [1.165, 1.54) is 25.2 Å². The molecule has 6 heteroatoms. The van der Waals surface area contributed by atoms with Gasteiger partial charge in [0.25, 0.3) is 6.43 Å². The van der Waals surface area contributed by atoms with E-state index in [-0.39, 0.29) is 11.5 Å². The molecule has 1 fully saturated rings. The van der Waals surface area contributed by atoms with Crippen molar-refractivity contribution in [3.8, 4) is 0 Å². The molecule has 1 aromatic heterocycles. The standard InChI is InChI=1S/C12H18F2N4/c13-11(14)10-12(18-7-6-16-10)17-5-3-9-2-1-4-15-8-9/h6-7,9,11,15H,1-5,8H2,(H,17,18). The summed E-state index contributed by atoms with van der Waals surface area (Å²) >= 11 is 0. The van der Waals surface area contributed by atoms with E-state index in [0.717, 1.165) is 19.5 Å². The Morgan fingerprint density at radius 3 is 2.94 bits per heavy atom. The van der Waals surface area contributed by atoms with E-state index in [2.05, 4.69) is 20.6 Å². The first-order valence-electron chi connectivity index (χ1n) is 6.31. The summed E-state index contributed by atoms with van der Waals surface area (Å²) in [5.41, 5.74) is -0.265. The quantitative estimate of drug-likeness (QED) is 0.848. The Morgan fingerprint density at radius 2 is 2.22 bits per heavy atom. The van der Waals surface area contributed by atoms with Crippen LogP contribution in [0.15, 0.2) is 12.4 Å². The molecule has 0 amide bonds. The Kier molecular flexibility index (Phi) is 4.81. The molecule has 0 bridgehead atoms. The topological polar surface area (TPSA) is 49.8 Å². The van der Waals surface area contributed by atoms with E-state index >= 15 is 0 Å². The predicted octanol–water partition coefficient (Wildman–Crippen LogP) is 2.22. The third-order valence-corrected chi connectivity index (χ3v) is 3.18. The Morgan fingerprint density at radius 1 is 1.39 bits per heavy atom. The summed E-state index contributed by atoms with van der Waals surface area (Å²) in [5, 5.41) is 6.30. The molecule has 18 heavy (non-hydrogen) atoms. The van der Waals surface area contributed by atoms with E-state index in [0.29, 0.717) is 12.5 Å². The van der Waals surface area contributed by atoms with Crippen molar-refractivity contribution in [3.63, 3.8) is 0 Å². The average molecular weight is 256 g/mol. The molecule has 2 rings (SSSR count). The van der Waals surface area contributed by atoms with Crippen LogP contribution in [0.5, 0.6) is 0 Å². The molecule has 4 nitrogen and oxygen atoms in total. The number of rotatable bonds is 5. The molecule has 0 saturated carbocycles. The van der Waals surface area contributed by atoms with Gasteiger partial charge in [-0.25, -0.2) is 18.7 Å². The van der Waals surface area contributed by atoms with Crippen molar-refractivity contribution in [1.82, 2.24) is 15.3 Å². The molecule has 100 valence electrons. The lowest BCUT2D eigenvalue weighted by Crippen LogP contribution is -2.30. The fourth-order valence-corrected chi connectivity index (χ4v) is 2.21. The Hall–Kier alpha value is -1.30. The highest BCUT2D eigenvalue weighted by atomic mass is 19.3. The maximum absolute atomic E-state index is 12.7. The van der Waals surface area contributed by atoms with Crippen molar-refractivity contribution in [3.05, 3.63) is 18.1 Å². The fourth-order valence-electron chi connectivity index (χ4n) is 2.21. The summed E-state index contributed by atoms with van der Waals surface area (Å²) < 4.78 is 25.3. The van der Waals surface area contributed by atoms with Gasteiger partial charge < -0.3 is 10.6 Å². The Balaban J connectivity index is 1.82. The number of nitrogens with one attached hydrogen (secondary N) is 2. The van der Waals surface area contributed by atoms with Crippen molar-refractivity contribution in [2.75, 3.05) is 25.0 Å². The predicted molar refractivity (Wildman–Crippen MR) is 65.7 cm³/mol. The normalized spacial score (nSPS) is 20.1. The molecule has 1 saturated heterocycles.